The summed E-state index contributed by atoms with van der Waals surface area (Å²) in [6.45, 7) is 0.429. The molecule has 0 aliphatic carbocycles. The molecule has 90 valence electrons. The van der Waals surface area contributed by atoms with Crippen LogP contribution in [-0.4, -0.2) is 17.2 Å². The molecule has 0 saturated carbocycles. The molecular weight excluding hydrogens is 220 g/mol. The standard InChI is InChI=1S/C12H14N2O3/c1-16-12-11(3-2-6-13-12)14-7-9-4-5-10(8-15)17-9/h2-6,14-15H,7-8H2,1H3. The number of hydrogen-bond donors (Lipinski definition) is 2. The van der Waals surface area contributed by atoms with E-state index >= 15 is 0 Å². The third-order valence-electron chi connectivity index (χ3n) is 2.29. The van der Waals surface area contributed by atoms with Gasteiger partial charge in [-0.25, -0.2) is 4.98 Å². The van der Waals surface area contributed by atoms with E-state index in [1.165, 1.54) is 0 Å². The van der Waals surface area contributed by atoms with Crippen molar-refractivity contribution in [3.05, 3.63) is 42.0 Å². The fourth-order valence-electron chi connectivity index (χ4n) is 1.47. The number of nitrogens with zero attached hydrogens (tertiary/aromatic N) is 1. The van der Waals surface area contributed by atoms with Crippen molar-refractivity contribution in [2.45, 2.75) is 13.2 Å². The zero-order valence-corrected chi connectivity index (χ0v) is 9.51. The highest BCUT2D eigenvalue weighted by Crippen LogP contribution is 2.20. The summed E-state index contributed by atoms with van der Waals surface area (Å²) in [5.41, 5.74) is 0.803. The lowest BCUT2D eigenvalue weighted by Crippen LogP contribution is -2.01. The number of aliphatic hydroxyl groups is 1. The molecule has 2 N–H and O–H groups in total. The summed E-state index contributed by atoms with van der Waals surface area (Å²) in [5.74, 6) is 1.85. The fourth-order valence-corrected chi connectivity index (χ4v) is 1.47. The van der Waals surface area contributed by atoms with Crippen molar-refractivity contribution in [3.63, 3.8) is 0 Å². The Labute approximate surface area is 99.1 Å². The molecule has 0 aromatic carbocycles. The monoisotopic (exact) mass is 234 g/mol. The van der Waals surface area contributed by atoms with Gasteiger partial charge in [0.05, 0.1) is 19.3 Å². The number of anilines is 1. The smallest absolute Gasteiger partial charge is 0.237 e. The lowest BCUT2D eigenvalue weighted by molar-refractivity contribution is 0.244. The second-order valence-corrected chi connectivity index (χ2v) is 3.44. The Morgan fingerprint density at radius 3 is 2.88 bits per heavy atom. The molecule has 0 saturated heterocycles. The number of pyridine rings is 1. The Morgan fingerprint density at radius 2 is 2.18 bits per heavy atom. The van der Waals surface area contributed by atoms with Crippen LogP contribution in [0, 0.1) is 0 Å². The minimum absolute atomic E-state index is 0.0871. The van der Waals surface area contributed by atoms with E-state index in [2.05, 4.69) is 10.3 Å². The van der Waals surface area contributed by atoms with E-state index in [-0.39, 0.29) is 6.61 Å². The Kier molecular flexibility index (Phi) is 3.62. The zero-order chi connectivity index (χ0) is 12.1. The molecule has 0 unspecified atom stereocenters. The molecule has 0 fully saturated rings. The molecule has 2 aromatic rings. The number of rotatable bonds is 5. The van der Waals surface area contributed by atoms with Gasteiger partial charge in [-0.3, -0.25) is 0 Å². The van der Waals surface area contributed by atoms with Gasteiger partial charge in [0.1, 0.15) is 18.1 Å². The topological polar surface area (TPSA) is 67.5 Å². The van der Waals surface area contributed by atoms with Crippen LogP contribution in [0.4, 0.5) is 5.69 Å². The molecule has 0 atom stereocenters. The molecule has 2 rings (SSSR count). The van der Waals surface area contributed by atoms with Crippen LogP contribution in [0.25, 0.3) is 0 Å². The number of nitrogens with one attached hydrogen (secondary N) is 1. The summed E-state index contributed by atoms with van der Waals surface area (Å²) in [4.78, 5) is 4.08. The molecule has 0 radical (unpaired) electrons. The van der Waals surface area contributed by atoms with E-state index in [9.17, 15) is 0 Å². The molecule has 5 heteroatoms. The highest BCUT2D eigenvalue weighted by atomic mass is 16.5. The van der Waals surface area contributed by atoms with Crippen molar-refractivity contribution in [2.75, 3.05) is 12.4 Å². The number of ether oxygens (including phenoxy) is 1. The van der Waals surface area contributed by atoms with Crippen LogP contribution in [0.1, 0.15) is 11.5 Å². The summed E-state index contributed by atoms with van der Waals surface area (Å²) >= 11 is 0. The highest BCUT2D eigenvalue weighted by Gasteiger charge is 2.04. The van der Waals surface area contributed by atoms with Crippen LogP contribution in [0.5, 0.6) is 5.88 Å². The summed E-state index contributed by atoms with van der Waals surface area (Å²) < 4.78 is 10.5. The van der Waals surface area contributed by atoms with Crippen molar-refractivity contribution < 1.29 is 14.3 Å². The van der Waals surface area contributed by atoms with Crippen LogP contribution < -0.4 is 10.1 Å². The lowest BCUT2D eigenvalue weighted by atomic mass is 10.3. The number of aliphatic hydroxyl groups excluding tert-OH is 1. The molecule has 0 spiro atoms. The molecule has 2 heterocycles. The van der Waals surface area contributed by atoms with Crippen molar-refractivity contribution in [3.8, 4) is 5.88 Å². The van der Waals surface area contributed by atoms with E-state index in [0.29, 0.717) is 18.2 Å². The molecule has 0 bridgehead atoms. The zero-order valence-electron chi connectivity index (χ0n) is 9.51. The summed E-state index contributed by atoms with van der Waals surface area (Å²) in [7, 11) is 1.57. The van der Waals surface area contributed by atoms with Gasteiger partial charge < -0.3 is 19.6 Å². The van der Waals surface area contributed by atoms with Crippen LogP contribution in [0.3, 0.4) is 0 Å². The van der Waals surface area contributed by atoms with Gasteiger partial charge in [0.15, 0.2) is 0 Å². The van der Waals surface area contributed by atoms with Crippen LogP contribution in [0.2, 0.25) is 0 Å². The second kappa shape index (κ2) is 5.36. The van der Waals surface area contributed by atoms with Gasteiger partial charge in [-0.2, -0.15) is 0 Å². The van der Waals surface area contributed by atoms with Crippen molar-refractivity contribution in [1.29, 1.82) is 0 Å². The maximum Gasteiger partial charge on any atom is 0.237 e. The van der Waals surface area contributed by atoms with Gasteiger partial charge in [0, 0.05) is 6.20 Å². The van der Waals surface area contributed by atoms with Crippen molar-refractivity contribution >= 4 is 5.69 Å². The van der Waals surface area contributed by atoms with Crippen molar-refractivity contribution in [1.82, 2.24) is 4.98 Å². The molecule has 0 amide bonds. The SMILES string of the molecule is COc1ncccc1NCc1ccc(CO)o1. The Morgan fingerprint density at radius 1 is 1.35 bits per heavy atom. The second-order valence-electron chi connectivity index (χ2n) is 3.44. The van der Waals surface area contributed by atoms with E-state index < -0.39 is 0 Å². The van der Waals surface area contributed by atoms with E-state index in [4.69, 9.17) is 14.3 Å². The highest BCUT2D eigenvalue weighted by molar-refractivity contribution is 5.51. The normalized spacial score (nSPS) is 10.2. The number of hydrogen-bond acceptors (Lipinski definition) is 5. The van der Waals surface area contributed by atoms with Crippen LogP contribution >= 0.6 is 0 Å². The van der Waals surface area contributed by atoms with Gasteiger partial charge >= 0.3 is 0 Å². The first-order valence-corrected chi connectivity index (χ1v) is 5.25. The van der Waals surface area contributed by atoms with Crippen LogP contribution in [0.15, 0.2) is 34.9 Å². The molecule has 0 aliphatic heterocycles. The number of methoxy groups -OCH3 is 1. The quantitative estimate of drug-likeness (QED) is 0.825. The molecule has 5 nitrogen and oxygen atoms in total. The van der Waals surface area contributed by atoms with Gasteiger partial charge in [0.2, 0.25) is 5.88 Å². The average Bonchev–Trinajstić information content (AvgIpc) is 2.84. The third-order valence-corrected chi connectivity index (χ3v) is 2.29. The minimum Gasteiger partial charge on any atom is -0.480 e. The van der Waals surface area contributed by atoms with Gasteiger partial charge in [-0.1, -0.05) is 0 Å². The lowest BCUT2D eigenvalue weighted by Gasteiger charge is -2.08. The molecule has 0 aliphatic rings. The first-order chi connectivity index (χ1) is 8.33. The molecule has 17 heavy (non-hydrogen) atoms. The molecular formula is C12H14N2O3. The number of furan rings is 1. The Hall–Kier alpha value is -2.01. The summed E-state index contributed by atoms with van der Waals surface area (Å²) in [6, 6.07) is 7.27. The predicted octanol–water partition coefficient (Wildman–Crippen LogP) is 1.79. The van der Waals surface area contributed by atoms with Gasteiger partial charge in [-0.05, 0) is 24.3 Å². The fraction of sp³-hybridized carbons (Fsp3) is 0.250. The Balaban J connectivity index is 2.01. The number of aromatic nitrogens is 1. The minimum atomic E-state index is -0.0871. The van der Waals surface area contributed by atoms with E-state index in [1.54, 1.807) is 19.4 Å². The first-order valence-electron chi connectivity index (χ1n) is 5.25. The summed E-state index contributed by atoms with van der Waals surface area (Å²) in [6.07, 6.45) is 1.67. The van der Waals surface area contributed by atoms with Gasteiger partial charge in [0.25, 0.3) is 0 Å². The maximum atomic E-state index is 8.87. The summed E-state index contributed by atoms with van der Waals surface area (Å²) in [5, 5.41) is 12.0. The maximum absolute atomic E-state index is 8.87. The van der Waals surface area contributed by atoms with Crippen molar-refractivity contribution in [2.24, 2.45) is 0 Å². The van der Waals surface area contributed by atoms with Gasteiger partial charge in [-0.15, -0.1) is 0 Å². The Bertz CT molecular complexity index is 482. The predicted molar refractivity (Wildman–Crippen MR) is 62.7 cm³/mol. The first kappa shape index (κ1) is 11.5. The average molecular weight is 234 g/mol. The van der Waals surface area contributed by atoms with E-state index in [1.807, 2.05) is 18.2 Å². The molecule has 2 aromatic heterocycles. The van der Waals surface area contributed by atoms with Crippen LogP contribution in [-0.2, 0) is 13.2 Å². The van der Waals surface area contributed by atoms with E-state index in [0.717, 1.165) is 11.4 Å². The largest absolute Gasteiger partial charge is 0.480 e. The third kappa shape index (κ3) is 2.76.